The van der Waals surface area contributed by atoms with Gasteiger partial charge in [0.1, 0.15) is 5.75 Å². The number of benzene rings is 2. The van der Waals surface area contributed by atoms with Crippen LogP contribution in [-0.2, 0) is 14.3 Å². The van der Waals surface area contributed by atoms with Crippen molar-refractivity contribution in [1.82, 2.24) is 4.90 Å². The van der Waals surface area contributed by atoms with Gasteiger partial charge in [-0.25, -0.2) is 0 Å². The van der Waals surface area contributed by atoms with Gasteiger partial charge >= 0.3 is 5.97 Å². The molecule has 2 aromatic rings. The second-order valence-electron chi connectivity index (χ2n) is 8.23. The van der Waals surface area contributed by atoms with Gasteiger partial charge in [0.25, 0.3) is 5.91 Å². The maximum absolute atomic E-state index is 13.9. The molecule has 6 nitrogen and oxygen atoms in total. The summed E-state index contributed by atoms with van der Waals surface area (Å²) in [6.07, 6.45) is 0.932. The summed E-state index contributed by atoms with van der Waals surface area (Å²) in [4.78, 5) is 31.2. The molecule has 1 aliphatic rings. The smallest absolute Gasteiger partial charge is 0.306 e. The van der Waals surface area contributed by atoms with Crippen LogP contribution < -0.4 is 9.64 Å². The summed E-state index contributed by atoms with van der Waals surface area (Å²) in [5.74, 6) is 0.137. The van der Waals surface area contributed by atoms with E-state index in [-0.39, 0.29) is 18.3 Å². The topological polar surface area (TPSA) is 59.1 Å². The van der Waals surface area contributed by atoms with Crippen LogP contribution in [0.25, 0.3) is 0 Å². The number of methoxy groups -OCH3 is 1. The van der Waals surface area contributed by atoms with E-state index in [1.54, 1.807) is 18.1 Å². The summed E-state index contributed by atoms with van der Waals surface area (Å²) in [6, 6.07) is 13.0. The number of carbonyl (C=O) groups excluding carboxylic acids is 2. The van der Waals surface area contributed by atoms with Crippen LogP contribution in [0, 0.1) is 0 Å². The summed E-state index contributed by atoms with van der Waals surface area (Å²) in [5.41, 5.74) is 1.66. The predicted octanol–water partition coefficient (Wildman–Crippen LogP) is 5.19. The molecule has 0 fully saturated rings. The molecule has 2 aromatic carbocycles. The molecule has 2 atom stereocenters. The molecule has 1 amide bonds. The van der Waals surface area contributed by atoms with E-state index in [2.05, 4.69) is 0 Å². The standard InChI is InChI=1S/C25H31ClN2O4S/c1-5-6-7-22(29)32-23-24(17-8-11-19(31-4)12-9-17)33-21-16-18(26)10-13-20(21)28(25(23)30)15-14-27(2)3/h8-13,16,23-24H,5-7,14-15H2,1-4H3. The molecule has 0 bridgehead atoms. The van der Waals surface area contributed by atoms with Crippen molar-refractivity contribution in [1.29, 1.82) is 0 Å². The van der Waals surface area contributed by atoms with Gasteiger partial charge in [0.15, 0.2) is 6.10 Å². The van der Waals surface area contributed by atoms with E-state index in [4.69, 9.17) is 21.1 Å². The second kappa shape index (κ2) is 11.8. The Hall–Kier alpha value is -2.22. The summed E-state index contributed by atoms with van der Waals surface area (Å²) in [5, 5.41) is 0.170. The minimum Gasteiger partial charge on any atom is -0.497 e. The lowest BCUT2D eigenvalue weighted by atomic mass is 10.1. The van der Waals surface area contributed by atoms with Gasteiger partial charge in [0, 0.05) is 29.4 Å². The molecule has 0 spiro atoms. The average Bonchev–Trinajstić information content (AvgIpc) is 2.90. The van der Waals surface area contributed by atoms with E-state index in [1.165, 1.54) is 11.8 Å². The Balaban J connectivity index is 2.06. The fraction of sp³-hybridized carbons (Fsp3) is 0.440. The number of hydrogen-bond donors (Lipinski definition) is 0. The van der Waals surface area contributed by atoms with Crippen molar-refractivity contribution >= 4 is 40.9 Å². The van der Waals surface area contributed by atoms with Gasteiger partial charge in [-0.3, -0.25) is 9.59 Å². The average molecular weight is 491 g/mol. The third-order valence-corrected chi connectivity index (χ3v) is 7.05. The minimum absolute atomic E-state index is 0.226. The highest BCUT2D eigenvalue weighted by Gasteiger charge is 2.41. The van der Waals surface area contributed by atoms with Crippen LogP contribution in [0.4, 0.5) is 5.69 Å². The highest BCUT2D eigenvalue weighted by Crippen LogP contribution is 2.47. The molecule has 178 valence electrons. The first-order valence-electron chi connectivity index (χ1n) is 11.1. The molecule has 0 aliphatic carbocycles. The lowest BCUT2D eigenvalue weighted by Crippen LogP contribution is -2.45. The third-order valence-electron chi connectivity index (χ3n) is 5.46. The SMILES string of the molecule is CCCCC(=O)OC1C(=O)N(CCN(C)C)c2ccc(Cl)cc2SC1c1ccc(OC)cc1. The Morgan fingerprint density at radius 1 is 1.18 bits per heavy atom. The van der Waals surface area contributed by atoms with Crippen LogP contribution in [0.2, 0.25) is 5.02 Å². The molecular weight excluding hydrogens is 460 g/mol. The number of hydrogen-bond acceptors (Lipinski definition) is 6. The van der Waals surface area contributed by atoms with Crippen molar-refractivity contribution in [2.45, 2.75) is 42.4 Å². The van der Waals surface area contributed by atoms with Crippen LogP contribution in [0.5, 0.6) is 5.75 Å². The van der Waals surface area contributed by atoms with Crippen molar-refractivity contribution in [3.05, 3.63) is 53.1 Å². The summed E-state index contributed by atoms with van der Waals surface area (Å²) in [7, 11) is 5.53. The van der Waals surface area contributed by atoms with Crippen LogP contribution in [0.15, 0.2) is 47.4 Å². The first-order valence-corrected chi connectivity index (χ1v) is 12.4. The van der Waals surface area contributed by atoms with Crippen molar-refractivity contribution in [3.63, 3.8) is 0 Å². The van der Waals surface area contributed by atoms with Gasteiger partial charge in [0.05, 0.1) is 18.0 Å². The largest absolute Gasteiger partial charge is 0.497 e. The lowest BCUT2D eigenvalue weighted by Gasteiger charge is -2.28. The Morgan fingerprint density at radius 3 is 2.55 bits per heavy atom. The maximum Gasteiger partial charge on any atom is 0.306 e. The van der Waals surface area contributed by atoms with Gasteiger partial charge in [0.2, 0.25) is 0 Å². The number of carbonyl (C=O) groups is 2. The van der Waals surface area contributed by atoms with Crippen LogP contribution in [0.1, 0.15) is 37.0 Å². The van der Waals surface area contributed by atoms with E-state index in [9.17, 15) is 9.59 Å². The minimum atomic E-state index is -0.957. The molecule has 0 saturated heterocycles. The van der Waals surface area contributed by atoms with E-state index in [0.717, 1.165) is 34.7 Å². The Labute approximate surface area is 205 Å². The molecule has 0 radical (unpaired) electrons. The molecule has 0 N–H and O–H groups in total. The van der Waals surface area contributed by atoms with Gasteiger partial charge in [-0.1, -0.05) is 37.1 Å². The Morgan fingerprint density at radius 2 is 1.91 bits per heavy atom. The van der Waals surface area contributed by atoms with Gasteiger partial charge in [-0.05, 0) is 56.4 Å². The van der Waals surface area contributed by atoms with Gasteiger partial charge in [-0.15, -0.1) is 11.8 Å². The summed E-state index contributed by atoms with van der Waals surface area (Å²) in [6.45, 7) is 3.16. The second-order valence-corrected chi connectivity index (χ2v) is 9.85. The zero-order valence-electron chi connectivity index (χ0n) is 19.5. The first-order chi connectivity index (χ1) is 15.8. The van der Waals surface area contributed by atoms with Gasteiger partial charge < -0.3 is 19.3 Å². The first kappa shape index (κ1) is 25.4. The number of unbranched alkanes of at least 4 members (excludes halogenated alkanes) is 1. The van der Waals surface area contributed by atoms with E-state index < -0.39 is 11.4 Å². The van der Waals surface area contributed by atoms with Crippen LogP contribution in [-0.4, -0.2) is 57.2 Å². The number of thioether (sulfide) groups is 1. The van der Waals surface area contributed by atoms with Crippen molar-refractivity contribution in [2.75, 3.05) is 39.2 Å². The molecule has 0 aromatic heterocycles. The third kappa shape index (κ3) is 6.43. The fourth-order valence-electron chi connectivity index (χ4n) is 3.61. The van der Waals surface area contributed by atoms with E-state index in [0.29, 0.717) is 18.1 Å². The molecule has 1 heterocycles. The molecule has 0 saturated carbocycles. The molecular formula is C25H31ClN2O4S. The number of ether oxygens (including phenoxy) is 2. The molecule has 2 unspecified atom stereocenters. The summed E-state index contributed by atoms with van der Waals surface area (Å²) >= 11 is 7.82. The van der Waals surface area contributed by atoms with Gasteiger partial charge in [-0.2, -0.15) is 0 Å². The quantitative estimate of drug-likeness (QED) is 0.451. The predicted molar refractivity (Wildman–Crippen MR) is 133 cm³/mol. The van der Waals surface area contributed by atoms with E-state index in [1.807, 2.05) is 62.3 Å². The maximum atomic E-state index is 13.9. The van der Waals surface area contributed by atoms with Crippen LogP contribution >= 0.6 is 23.4 Å². The number of esters is 1. The van der Waals surface area contributed by atoms with Crippen molar-refractivity contribution in [3.8, 4) is 5.75 Å². The Bertz CT molecular complexity index is 967. The monoisotopic (exact) mass is 490 g/mol. The number of amides is 1. The number of likely N-dealkylation sites (N-methyl/N-ethyl adjacent to an activating group) is 1. The molecule has 1 aliphatic heterocycles. The molecule has 3 rings (SSSR count). The van der Waals surface area contributed by atoms with Crippen molar-refractivity contribution in [2.24, 2.45) is 0 Å². The number of halogens is 1. The number of fused-ring (bicyclic) bond motifs is 1. The zero-order chi connectivity index (χ0) is 24.0. The molecule has 33 heavy (non-hydrogen) atoms. The Kier molecular flexibility index (Phi) is 9.06. The highest BCUT2D eigenvalue weighted by atomic mass is 35.5. The number of nitrogens with zero attached hydrogens (tertiary/aromatic N) is 2. The number of rotatable bonds is 9. The number of anilines is 1. The zero-order valence-corrected chi connectivity index (χ0v) is 21.1. The fourth-order valence-corrected chi connectivity index (χ4v) is 5.20. The highest BCUT2D eigenvalue weighted by molar-refractivity contribution is 7.99. The van der Waals surface area contributed by atoms with E-state index >= 15 is 0 Å². The van der Waals surface area contributed by atoms with Crippen molar-refractivity contribution < 1.29 is 19.1 Å². The summed E-state index contributed by atoms with van der Waals surface area (Å²) < 4.78 is 11.2. The van der Waals surface area contributed by atoms with Crippen LogP contribution in [0.3, 0.4) is 0 Å². The molecule has 8 heteroatoms. The lowest BCUT2D eigenvalue weighted by molar-refractivity contribution is -0.155. The normalized spacial score (nSPS) is 18.1.